The van der Waals surface area contributed by atoms with E-state index < -0.39 is 15.8 Å². The molecule has 1 aromatic heterocycles. The number of nitrogens with two attached hydrogens (primary N) is 1. The zero-order valence-corrected chi connectivity index (χ0v) is 16.8. The topological polar surface area (TPSA) is 78.0 Å². The Morgan fingerprint density at radius 2 is 1.89 bits per heavy atom. The molecular formula is C21H24FN3O2S. The van der Waals surface area contributed by atoms with Crippen molar-refractivity contribution in [3.63, 3.8) is 0 Å². The van der Waals surface area contributed by atoms with E-state index in [4.69, 9.17) is 5.14 Å². The first-order chi connectivity index (χ1) is 13.3. The van der Waals surface area contributed by atoms with Gasteiger partial charge in [0.2, 0.25) is 10.0 Å². The Morgan fingerprint density at radius 1 is 1.14 bits per heavy atom. The van der Waals surface area contributed by atoms with Crippen LogP contribution in [0.25, 0.3) is 11.1 Å². The number of aryl methyl sites for hydroxylation is 2. The highest BCUT2D eigenvalue weighted by Crippen LogP contribution is 2.28. The van der Waals surface area contributed by atoms with E-state index in [-0.39, 0.29) is 4.90 Å². The number of sulfonamides is 1. The number of rotatable bonds is 7. The van der Waals surface area contributed by atoms with E-state index in [1.807, 2.05) is 17.7 Å². The highest BCUT2D eigenvalue weighted by Gasteiger charge is 2.16. The monoisotopic (exact) mass is 401 g/mol. The summed E-state index contributed by atoms with van der Waals surface area (Å²) < 4.78 is 40.5. The lowest BCUT2D eigenvalue weighted by Crippen LogP contribution is -2.13. The van der Waals surface area contributed by atoms with E-state index in [1.54, 1.807) is 30.3 Å². The van der Waals surface area contributed by atoms with Crippen molar-refractivity contribution in [1.29, 1.82) is 0 Å². The predicted octanol–water partition coefficient (Wildman–Crippen LogP) is 3.90. The number of halogens is 1. The van der Waals surface area contributed by atoms with Crippen LogP contribution in [0.4, 0.5) is 4.39 Å². The van der Waals surface area contributed by atoms with Gasteiger partial charge in [0.1, 0.15) is 11.6 Å². The lowest BCUT2D eigenvalue weighted by molar-refractivity contribution is 0.592. The van der Waals surface area contributed by atoms with Crippen LogP contribution in [0.3, 0.4) is 0 Å². The minimum atomic E-state index is -3.90. The summed E-state index contributed by atoms with van der Waals surface area (Å²) in [7, 11) is -3.90. The Morgan fingerprint density at radius 3 is 2.54 bits per heavy atom. The van der Waals surface area contributed by atoms with Gasteiger partial charge >= 0.3 is 0 Å². The smallest absolute Gasteiger partial charge is 0.238 e. The maximum absolute atomic E-state index is 14.8. The zero-order valence-electron chi connectivity index (χ0n) is 16.0. The first-order valence-corrected chi connectivity index (χ1v) is 10.8. The Hall–Kier alpha value is -2.51. The Kier molecular flexibility index (Phi) is 5.96. The van der Waals surface area contributed by atoms with Crippen molar-refractivity contribution in [2.24, 2.45) is 5.14 Å². The zero-order chi connectivity index (χ0) is 20.3. The first kappa shape index (κ1) is 20.2. The van der Waals surface area contributed by atoms with Crippen molar-refractivity contribution in [3.05, 3.63) is 71.6 Å². The molecule has 0 saturated carbocycles. The van der Waals surface area contributed by atoms with Crippen molar-refractivity contribution >= 4 is 10.0 Å². The molecule has 0 bridgehead atoms. The summed E-state index contributed by atoms with van der Waals surface area (Å²) in [5, 5.41) is 5.29. The normalized spacial score (nSPS) is 11.7. The van der Waals surface area contributed by atoms with Gasteiger partial charge in [-0.1, -0.05) is 44.2 Å². The number of hydrogen-bond acceptors (Lipinski definition) is 3. The summed E-state index contributed by atoms with van der Waals surface area (Å²) in [6.07, 6.45) is 4.59. The van der Waals surface area contributed by atoms with Crippen LogP contribution in [0.15, 0.2) is 53.6 Å². The van der Waals surface area contributed by atoms with Crippen LogP contribution in [-0.4, -0.2) is 18.0 Å². The third-order valence-corrected chi connectivity index (χ3v) is 5.61. The number of imidazole rings is 1. The minimum absolute atomic E-state index is 0.0189. The molecule has 0 aliphatic carbocycles. The van der Waals surface area contributed by atoms with Crippen molar-refractivity contribution in [2.75, 3.05) is 0 Å². The summed E-state index contributed by atoms with van der Waals surface area (Å²) in [5.41, 5.74) is 2.37. The summed E-state index contributed by atoms with van der Waals surface area (Å²) in [6.45, 7) is 4.51. The molecule has 3 aromatic rings. The molecule has 3 rings (SSSR count). The van der Waals surface area contributed by atoms with E-state index in [2.05, 4.69) is 11.9 Å². The number of hydrogen-bond donors (Lipinski definition) is 1. The average Bonchev–Trinajstić information content (AvgIpc) is 3.05. The summed E-state index contributed by atoms with van der Waals surface area (Å²) in [4.78, 5) is 4.59. The Bertz CT molecular complexity index is 1090. The summed E-state index contributed by atoms with van der Waals surface area (Å²) in [5.74, 6) is 0.554. The van der Waals surface area contributed by atoms with Crippen molar-refractivity contribution in [3.8, 4) is 11.1 Å². The second-order valence-electron chi connectivity index (χ2n) is 6.73. The molecule has 0 atom stereocenters. The second-order valence-corrected chi connectivity index (χ2v) is 8.26. The number of primary sulfonamides is 1. The van der Waals surface area contributed by atoms with E-state index in [0.29, 0.717) is 23.2 Å². The van der Waals surface area contributed by atoms with E-state index in [9.17, 15) is 12.8 Å². The SMILES string of the molecule is CCCc1nc(CC)cn1Cc1ccc(-c2ccccc2S(N)(=O)=O)cc1F. The molecule has 0 aliphatic rings. The van der Waals surface area contributed by atoms with Crippen molar-refractivity contribution in [1.82, 2.24) is 9.55 Å². The van der Waals surface area contributed by atoms with Crippen LogP contribution in [-0.2, 0) is 29.4 Å². The Labute approximate surface area is 165 Å². The van der Waals surface area contributed by atoms with E-state index in [1.165, 1.54) is 12.1 Å². The number of nitrogens with zero attached hydrogens (tertiary/aromatic N) is 2. The molecule has 1 heterocycles. The summed E-state index contributed by atoms with van der Waals surface area (Å²) in [6, 6.07) is 11.1. The first-order valence-electron chi connectivity index (χ1n) is 9.29. The van der Waals surface area contributed by atoms with Crippen LogP contribution in [0.1, 0.15) is 37.4 Å². The third kappa shape index (κ3) is 4.31. The van der Waals surface area contributed by atoms with Gasteiger partial charge in [0.05, 0.1) is 17.1 Å². The molecule has 0 spiro atoms. The molecule has 0 radical (unpaired) electrons. The summed E-state index contributed by atoms with van der Waals surface area (Å²) >= 11 is 0. The quantitative estimate of drug-likeness (QED) is 0.652. The Balaban J connectivity index is 1.96. The van der Waals surface area contributed by atoms with Gasteiger partial charge in [-0.15, -0.1) is 0 Å². The molecule has 0 unspecified atom stereocenters. The number of aromatic nitrogens is 2. The lowest BCUT2D eigenvalue weighted by Gasteiger charge is -2.11. The van der Waals surface area contributed by atoms with Crippen LogP contribution in [0.5, 0.6) is 0 Å². The maximum Gasteiger partial charge on any atom is 0.238 e. The molecule has 7 heteroatoms. The van der Waals surface area contributed by atoms with Crippen LogP contribution >= 0.6 is 0 Å². The molecular weight excluding hydrogens is 377 g/mol. The molecule has 2 N–H and O–H groups in total. The van der Waals surface area contributed by atoms with Crippen molar-refractivity contribution in [2.45, 2.75) is 44.6 Å². The maximum atomic E-state index is 14.8. The molecule has 5 nitrogen and oxygen atoms in total. The van der Waals surface area contributed by atoms with Crippen LogP contribution in [0, 0.1) is 5.82 Å². The van der Waals surface area contributed by atoms with Gasteiger partial charge in [-0.05, 0) is 30.5 Å². The fourth-order valence-electron chi connectivity index (χ4n) is 3.22. The van der Waals surface area contributed by atoms with Gasteiger partial charge in [-0.25, -0.2) is 22.9 Å². The van der Waals surface area contributed by atoms with Crippen molar-refractivity contribution < 1.29 is 12.8 Å². The highest BCUT2D eigenvalue weighted by molar-refractivity contribution is 7.89. The van der Waals surface area contributed by atoms with Gasteiger partial charge in [0.25, 0.3) is 0 Å². The van der Waals surface area contributed by atoms with Crippen LogP contribution < -0.4 is 5.14 Å². The van der Waals surface area contributed by atoms with E-state index in [0.717, 1.165) is 30.8 Å². The second kappa shape index (κ2) is 8.24. The molecule has 0 saturated heterocycles. The highest BCUT2D eigenvalue weighted by atomic mass is 32.2. The predicted molar refractivity (Wildman–Crippen MR) is 108 cm³/mol. The number of benzene rings is 2. The molecule has 0 amide bonds. The van der Waals surface area contributed by atoms with Crippen LogP contribution in [0.2, 0.25) is 0 Å². The molecule has 2 aromatic carbocycles. The molecule has 148 valence electrons. The van der Waals surface area contributed by atoms with Gasteiger partial charge in [0.15, 0.2) is 0 Å². The fraction of sp³-hybridized carbons (Fsp3) is 0.286. The van der Waals surface area contributed by atoms with Gasteiger partial charge in [0, 0.05) is 23.7 Å². The van der Waals surface area contributed by atoms with E-state index >= 15 is 0 Å². The standard InChI is InChI=1S/C21H24FN3O2S/c1-3-7-21-24-17(4-2)14-25(21)13-16-11-10-15(12-19(16)22)18-8-5-6-9-20(18)28(23,26)27/h5-6,8-12,14H,3-4,7,13H2,1-2H3,(H2,23,26,27). The average molecular weight is 402 g/mol. The van der Waals surface area contributed by atoms with Gasteiger partial charge < -0.3 is 4.57 Å². The molecule has 28 heavy (non-hydrogen) atoms. The fourth-order valence-corrected chi connectivity index (χ4v) is 3.98. The third-order valence-electron chi connectivity index (χ3n) is 4.64. The van der Waals surface area contributed by atoms with Gasteiger partial charge in [-0.3, -0.25) is 0 Å². The largest absolute Gasteiger partial charge is 0.330 e. The molecule has 0 aliphatic heterocycles. The van der Waals surface area contributed by atoms with Gasteiger partial charge in [-0.2, -0.15) is 0 Å². The minimum Gasteiger partial charge on any atom is -0.330 e. The molecule has 0 fully saturated rings. The lowest BCUT2D eigenvalue weighted by atomic mass is 10.0.